The molecule has 0 saturated carbocycles. The van der Waals surface area contributed by atoms with Crippen molar-refractivity contribution in [2.75, 3.05) is 37.6 Å². The number of nitro benzene ring substituents is 1. The number of rotatable bonds is 6. The number of nitro groups is 1. The zero-order valence-electron chi connectivity index (χ0n) is 16.0. The van der Waals surface area contributed by atoms with E-state index in [0.29, 0.717) is 31.7 Å². The van der Waals surface area contributed by atoms with Crippen molar-refractivity contribution in [1.29, 1.82) is 0 Å². The lowest BCUT2D eigenvalue weighted by molar-refractivity contribution is -0.384. The minimum atomic E-state index is -4.48. The Morgan fingerprint density at radius 1 is 1.03 bits per heavy atom. The van der Waals surface area contributed by atoms with Crippen molar-refractivity contribution >= 4 is 17.3 Å². The van der Waals surface area contributed by atoms with Crippen molar-refractivity contribution < 1.29 is 22.9 Å². The molecule has 0 spiro atoms. The monoisotopic (exact) mass is 422 g/mol. The molecule has 7 nitrogen and oxygen atoms in total. The molecule has 1 N–H and O–H groups in total. The van der Waals surface area contributed by atoms with Crippen LogP contribution in [0.2, 0.25) is 0 Å². The molecule has 0 bridgehead atoms. The highest BCUT2D eigenvalue weighted by molar-refractivity contribution is 5.83. The first kappa shape index (κ1) is 21.6. The molecule has 1 heterocycles. The third-order valence-corrected chi connectivity index (χ3v) is 4.93. The van der Waals surface area contributed by atoms with Gasteiger partial charge in [-0.2, -0.15) is 13.2 Å². The van der Waals surface area contributed by atoms with Crippen molar-refractivity contribution in [1.82, 2.24) is 10.2 Å². The Morgan fingerprint density at radius 3 is 2.17 bits per heavy atom. The van der Waals surface area contributed by atoms with E-state index in [1.807, 2.05) is 15.1 Å². The number of amides is 1. The van der Waals surface area contributed by atoms with Crippen LogP contribution in [0.4, 0.5) is 24.5 Å². The van der Waals surface area contributed by atoms with E-state index in [2.05, 4.69) is 0 Å². The van der Waals surface area contributed by atoms with Gasteiger partial charge in [-0.25, -0.2) is 0 Å². The summed E-state index contributed by atoms with van der Waals surface area (Å²) in [7, 11) is 0. The number of benzene rings is 2. The van der Waals surface area contributed by atoms with Gasteiger partial charge in [0.2, 0.25) is 5.91 Å². The average molecular weight is 422 g/mol. The van der Waals surface area contributed by atoms with Crippen LogP contribution < -0.4 is 10.2 Å². The van der Waals surface area contributed by atoms with Crippen molar-refractivity contribution in [3.05, 3.63) is 70.3 Å². The molecule has 2 aromatic rings. The Hall–Kier alpha value is -3.14. The summed E-state index contributed by atoms with van der Waals surface area (Å²) >= 11 is 0. The number of nitrogens with one attached hydrogen (secondary N) is 1. The minimum absolute atomic E-state index is 0.00265. The van der Waals surface area contributed by atoms with E-state index in [1.54, 1.807) is 42.5 Å². The first-order valence-electron chi connectivity index (χ1n) is 9.37. The van der Waals surface area contributed by atoms with Gasteiger partial charge in [0.25, 0.3) is 5.69 Å². The van der Waals surface area contributed by atoms with E-state index in [9.17, 15) is 28.1 Å². The number of carbonyl (C=O) groups excluding carboxylic acids is 1. The molecule has 3 rings (SSSR count). The van der Waals surface area contributed by atoms with Gasteiger partial charge in [0.1, 0.15) is 12.6 Å². The highest BCUT2D eigenvalue weighted by atomic mass is 19.4. The van der Waals surface area contributed by atoms with Crippen LogP contribution in [0.25, 0.3) is 0 Å². The topological polar surface area (TPSA) is 78.7 Å². The molecule has 1 aliphatic heterocycles. The van der Waals surface area contributed by atoms with E-state index in [-0.39, 0.29) is 5.69 Å². The van der Waals surface area contributed by atoms with Gasteiger partial charge in [-0.1, -0.05) is 30.3 Å². The summed E-state index contributed by atoms with van der Waals surface area (Å²) in [6.45, 7) is 0.602. The molecule has 1 atom stereocenters. The van der Waals surface area contributed by atoms with Crippen molar-refractivity contribution in [3.63, 3.8) is 0 Å². The Balaban J connectivity index is 1.70. The molecule has 0 radical (unpaired) electrons. The minimum Gasteiger partial charge on any atom is -0.369 e. The molecule has 10 heteroatoms. The van der Waals surface area contributed by atoms with E-state index in [1.165, 1.54) is 12.1 Å². The van der Waals surface area contributed by atoms with Gasteiger partial charge in [0, 0.05) is 44.0 Å². The zero-order chi connectivity index (χ0) is 21.7. The standard InChI is InChI=1S/C20H21F3N4O3/c21-20(22,23)14-24-19(28)18(15-4-2-1-3-5-15)26-12-10-25(11-13-26)16-6-8-17(9-7-16)27(29)30/h1-9,18H,10-14H2,(H,24,28). The van der Waals surface area contributed by atoms with Crippen LogP contribution in [0.5, 0.6) is 0 Å². The van der Waals surface area contributed by atoms with Crippen molar-refractivity contribution in [2.45, 2.75) is 12.2 Å². The number of non-ortho nitro benzene ring substituents is 1. The summed E-state index contributed by atoms with van der Waals surface area (Å²) < 4.78 is 37.7. The van der Waals surface area contributed by atoms with Gasteiger partial charge in [0.15, 0.2) is 0 Å². The molecule has 0 aliphatic carbocycles. The van der Waals surface area contributed by atoms with E-state index in [4.69, 9.17) is 0 Å². The Kier molecular flexibility index (Phi) is 6.56. The predicted octanol–water partition coefficient (Wildman–Crippen LogP) is 3.14. The second-order valence-corrected chi connectivity index (χ2v) is 6.94. The predicted molar refractivity (Wildman–Crippen MR) is 105 cm³/mol. The number of piperazine rings is 1. The SMILES string of the molecule is O=C(NCC(F)(F)F)C(c1ccccc1)N1CCN(c2ccc([N+](=O)[O-])cc2)CC1. The lowest BCUT2D eigenvalue weighted by Gasteiger charge is -2.39. The number of hydrogen-bond donors (Lipinski definition) is 1. The average Bonchev–Trinajstić information content (AvgIpc) is 2.73. The van der Waals surface area contributed by atoms with Crippen LogP contribution in [0.15, 0.2) is 54.6 Å². The van der Waals surface area contributed by atoms with Crippen molar-refractivity contribution in [2.24, 2.45) is 0 Å². The third-order valence-electron chi connectivity index (χ3n) is 4.93. The Bertz CT molecular complexity index is 867. The fraction of sp³-hybridized carbons (Fsp3) is 0.350. The maximum absolute atomic E-state index is 12.6. The fourth-order valence-corrected chi connectivity index (χ4v) is 3.47. The molecule has 1 unspecified atom stereocenters. The van der Waals surface area contributed by atoms with Gasteiger partial charge in [0.05, 0.1) is 4.92 Å². The number of carbonyl (C=O) groups is 1. The lowest BCUT2D eigenvalue weighted by atomic mass is 10.0. The Labute approximate surface area is 171 Å². The molecular weight excluding hydrogens is 401 g/mol. The van der Waals surface area contributed by atoms with Crippen LogP contribution in [0.3, 0.4) is 0 Å². The van der Waals surface area contributed by atoms with E-state index < -0.39 is 29.6 Å². The maximum atomic E-state index is 12.6. The molecule has 0 aromatic heterocycles. The summed E-state index contributed by atoms with van der Waals surface area (Å²) in [6, 6.07) is 14.1. The van der Waals surface area contributed by atoms with Gasteiger partial charge < -0.3 is 10.2 Å². The van der Waals surface area contributed by atoms with Gasteiger partial charge in [-0.15, -0.1) is 0 Å². The molecule has 1 fully saturated rings. The number of anilines is 1. The molecular formula is C20H21F3N4O3. The van der Waals surface area contributed by atoms with E-state index >= 15 is 0 Å². The highest BCUT2D eigenvalue weighted by Gasteiger charge is 2.34. The molecule has 1 saturated heterocycles. The second kappa shape index (κ2) is 9.12. The first-order valence-corrected chi connectivity index (χ1v) is 9.37. The summed E-state index contributed by atoms with van der Waals surface area (Å²) in [5.41, 5.74) is 1.45. The smallest absolute Gasteiger partial charge is 0.369 e. The summed E-state index contributed by atoms with van der Waals surface area (Å²) in [5, 5.41) is 12.8. The molecule has 2 aromatic carbocycles. The fourth-order valence-electron chi connectivity index (χ4n) is 3.47. The maximum Gasteiger partial charge on any atom is 0.405 e. The lowest BCUT2D eigenvalue weighted by Crippen LogP contribution is -2.51. The van der Waals surface area contributed by atoms with Gasteiger partial charge >= 0.3 is 6.18 Å². The van der Waals surface area contributed by atoms with Gasteiger partial charge in [-0.3, -0.25) is 19.8 Å². The number of nitrogens with zero attached hydrogens (tertiary/aromatic N) is 3. The number of halogens is 3. The van der Waals surface area contributed by atoms with Gasteiger partial charge in [-0.05, 0) is 17.7 Å². The second-order valence-electron chi connectivity index (χ2n) is 6.94. The van der Waals surface area contributed by atoms with Crippen LogP contribution in [0.1, 0.15) is 11.6 Å². The number of alkyl halides is 3. The molecule has 1 aliphatic rings. The van der Waals surface area contributed by atoms with Crippen LogP contribution in [0, 0.1) is 10.1 Å². The highest BCUT2D eigenvalue weighted by Crippen LogP contribution is 2.26. The summed E-state index contributed by atoms with van der Waals surface area (Å²) in [4.78, 5) is 26.8. The molecule has 30 heavy (non-hydrogen) atoms. The van der Waals surface area contributed by atoms with Crippen LogP contribution >= 0.6 is 0 Å². The summed E-state index contributed by atoms with van der Waals surface area (Å²) in [6.07, 6.45) is -4.48. The third kappa shape index (κ3) is 5.47. The molecule has 160 valence electrons. The quantitative estimate of drug-likeness (QED) is 0.572. The van der Waals surface area contributed by atoms with Crippen molar-refractivity contribution in [3.8, 4) is 0 Å². The van der Waals surface area contributed by atoms with E-state index in [0.717, 1.165) is 5.69 Å². The summed E-state index contributed by atoms with van der Waals surface area (Å²) in [5.74, 6) is -0.692. The molecule has 1 amide bonds. The number of hydrogen-bond acceptors (Lipinski definition) is 5. The van der Waals surface area contributed by atoms with Crippen LogP contribution in [-0.2, 0) is 4.79 Å². The normalized spacial score (nSPS) is 16.2. The first-order chi connectivity index (χ1) is 14.2. The zero-order valence-corrected chi connectivity index (χ0v) is 16.0. The Morgan fingerprint density at radius 2 is 1.63 bits per heavy atom. The largest absolute Gasteiger partial charge is 0.405 e. The van der Waals surface area contributed by atoms with Crippen LogP contribution in [-0.4, -0.2) is 54.6 Å².